The van der Waals surface area contributed by atoms with Gasteiger partial charge in [-0.1, -0.05) is 44.2 Å². The second kappa shape index (κ2) is 14.4. The van der Waals surface area contributed by atoms with Crippen LogP contribution < -0.4 is 27.4 Å². The van der Waals surface area contributed by atoms with Crippen molar-refractivity contribution < 1.29 is 39.0 Å². The van der Waals surface area contributed by atoms with Crippen molar-refractivity contribution in [1.29, 1.82) is 0 Å². The summed E-state index contributed by atoms with van der Waals surface area (Å²) in [6.07, 6.45) is -1.17. The predicted octanol–water partition coefficient (Wildman–Crippen LogP) is -1.51. The smallest absolute Gasteiger partial charge is 0.326 e. The van der Waals surface area contributed by atoms with Gasteiger partial charge in [0.05, 0.1) is 18.9 Å². The SMILES string of the molecule is CC(C)CC(NC(=O)C(N)CC(=O)O)C(=O)NC(Cc1ccccc1)C(=O)NC(CC(N)=O)C(=O)O. The van der Waals surface area contributed by atoms with E-state index in [-0.39, 0.29) is 18.8 Å². The fraction of sp³-hybridized carbons (Fsp3) is 0.478. The Bertz CT molecular complexity index is 953. The van der Waals surface area contributed by atoms with Crippen LogP contribution >= 0.6 is 0 Å². The number of amides is 4. The highest BCUT2D eigenvalue weighted by atomic mass is 16.4. The Labute approximate surface area is 208 Å². The van der Waals surface area contributed by atoms with Crippen molar-refractivity contribution in [2.75, 3.05) is 0 Å². The molecule has 0 heterocycles. The van der Waals surface area contributed by atoms with E-state index in [9.17, 15) is 33.9 Å². The van der Waals surface area contributed by atoms with Crippen LogP contribution in [0.25, 0.3) is 0 Å². The summed E-state index contributed by atoms with van der Waals surface area (Å²) >= 11 is 0. The van der Waals surface area contributed by atoms with Crippen LogP contribution in [0.1, 0.15) is 38.7 Å². The Morgan fingerprint density at radius 2 is 1.33 bits per heavy atom. The molecule has 0 aliphatic carbocycles. The molecule has 0 saturated heterocycles. The molecule has 0 bridgehead atoms. The number of primary amides is 1. The van der Waals surface area contributed by atoms with Gasteiger partial charge in [0.1, 0.15) is 18.1 Å². The molecule has 1 rings (SSSR count). The van der Waals surface area contributed by atoms with E-state index in [4.69, 9.17) is 16.6 Å². The molecule has 0 saturated carbocycles. The fourth-order valence-electron chi connectivity index (χ4n) is 3.27. The fourth-order valence-corrected chi connectivity index (χ4v) is 3.27. The lowest BCUT2D eigenvalue weighted by Crippen LogP contribution is -2.58. The summed E-state index contributed by atoms with van der Waals surface area (Å²) in [5, 5.41) is 25.3. The second-order valence-electron chi connectivity index (χ2n) is 8.72. The zero-order chi connectivity index (χ0) is 27.4. The van der Waals surface area contributed by atoms with Crippen molar-refractivity contribution in [2.45, 2.75) is 63.7 Å². The molecule has 198 valence electrons. The largest absolute Gasteiger partial charge is 0.481 e. The first-order valence-corrected chi connectivity index (χ1v) is 11.2. The predicted molar refractivity (Wildman–Crippen MR) is 127 cm³/mol. The molecule has 0 spiro atoms. The lowest BCUT2D eigenvalue weighted by molar-refractivity contribution is -0.143. The molecule has 36 heavy (non-hydrogen) atoms. The van der Waals surface area contributed by atoms with Gasteiger partial charge in [-0.2, -0.15) is 0 Å². The van der Waals surface area contributed by atoms with Crippen molar-refractivity contribution >= 4 is 35.6 Å². The normalized spacial score (nSPS) is 14.1. The molecule has 0 aliphatic heterocycles. The van der Waals surface area contributed by atoms with Crippen molar-refractivity contribution in [3.8, 4) is 0 Å². The molecular weight excluding hydrogens is 474 g/mol. The van der Waals surface area contributed by atoms with Crippen LogP contribution in [0.5, 0.6) is 0 Å². The van der Waals surface area contributed by atoms with Gasteiger partial charge in [-0.25, -0.2) is 4.79 Å². The minimum absolute atomic E-state index is 0.0256. The highest BCUT2D eigenvalue weighted by molar-refractivity contribution is 5.95. The van der Waals surface area contributed by atoms with E-state index < -0.39 is 72.6 Å². The summed E-state index contributed by atoms with van der Waals surface area (Å²) in [4.78, 5) is 71.9. The molecule has 4 unspecified atom stereocenters. The van der Waals surface area contributed by atoms with Gasteiger partial charge in [0.25, 0.3) is 0 Å². The molecule has 1 aromatic carbocycles. The van der Waals surface area contributed by atoms with Gasteiger partial charge in [-0.3, -0.25) is 24.0 Å². The highest BCUT2D eigenvalue weighted by Crippen LogP contribution is 2.09. The summed E-state index contributed by atoms with van der Waals surface area (Å²) in [5.41, 5.74) is 11.3. The second-order valence-corrected chi connectivity index (χ2v) is 8.72. The number of aliphatic carboxylic acids is 2. The van der Waals surface area contributed by atoms with Gasteiger partial charge in [-0.15, -0.1) is 0 Å². The molecule has 0 aromatic heterocycles. The molecule has 4 amide bonds. The minimum atomic E-state index is -1.61. The van der Waals surface area contributed by atoms with Gasteiger partial charge in [0.2, 0.25) is 23.6 Å². The standard InChI is InChI=1S/C23H33N5O8/c1-12(2)8-15(26-20(32)14(24)10-19(30)31)21(33)27-16(9-13-6-4-3-5-7-13)22(34)28-17(23(35)36)11-18(25)29/h3-7,12,14-17H,8-11,24H2,1-2H3,(H2,25,29)(H,26,32)(H,27,33)(H,28,34)(H,30,31)(H,35,36). The zero-order valence-electron chi connectivity index (χ0n) is 20.1. The van der Waals surface area contributed by atoms with Crippen LogP contribution in [0.15, 0.2) is 30.3 Å². The number of benzene rings is 1. The van der Waals surface area contributed by atoms with Crippen molar-refractivity contribution in [3.05, 3.63) is 35.9 Å². The Balaban J connectivity index is 3.13. The highest BCUT2D eigenvalue weighted by Gasteiger charge is 2.31. The number of hydrogen-bond donors (Lipinski definition) is 7. The molecule has 4 atom stereocenters. The molecule has 1 aromatic rings. The Hall–Kier alpha value is -4.00. The summed E-state index contributed by atoms with van der Waals surface area (Å²) in [6, 6.07) is 3.16. The summed E-state index contributed by atoms with van der Waals surface area (Å²) in [7, 11) is 0. The Morgan fingerprint density at radius 1 is 0.806 bits per heavy atom. The molecule has 0 radical (unpaired) electrons. The van der Waals surface area contributed by atoms with Crippen molar-refractivity contribution in [2.24, 2.45) is 17.4 Å². The number of rotatable bonds is 15. The van der Waals surface area contributed by atoms with Gasteiger partial charge >= 0.3 is 11.9 Å². The number of nitrogens with one attached hydrogen (secondary N) is 3. The van der Waals surface area contributed by atoms with Crippen molar-refractivity contribution in [1.82, 2.24) is 16.0 Å². The maximum Gasteiger partial charge on any atom is 0.326 e. The average molecular weight is 508 g/mol. The number of carboxylic acid groups (broad SMARTS) is 2. The summed E-state index contributed by atoms with van der Waals surface area (Å²) < 4.78 is 0. The third kappa shape index (κ3) is 11.0. The molecule has 13 nitrogen and oxygen atoms in total. The van der Waals surface area contributed by atoms with E-state index in [1.807, 2.05) is 0 Å². The molecule has 9 N–H and O–H groups in total. The number of nitrogens with two attached hydrogens (primary N) is 2. The van der Waals surface area contributed by atoms with Crippen LogP contribution in [0.2, 0.25) is 0 Å². The van der Waals surface area contributed by atoms with E-state index in [0.717, 1.165) is 0 Å². The van der Waals surface area contributed by atoms with Crippen LogP contribution in [0.3, 0.4) is 0 Å². The van der Waals surface area contributed by atoms with E-state index in [2.05, 4.69) is 16.0 Å². The maximum absolute atomic E-state index is 13.1. The van der Waals surface area contributed by atoms with Crippen LogP contribution in [0, 0.1) is 5.92 Å². The Kier molecular flexibility index (Phi) is 12.0. The lowest BCUT2D eigenvalue weighted by Gasteiger charge is -2.26. The lowest BCUT2D eigenvalue weighted by atomic mass is 10.0. The first-order chi connectivity index (χ1) is 16.8. The Morgan fingerprint density at radius 3 is 1.83 bits per heavy atom. The van der Waals surface area contributed by atoms with E-state index >= 15 is 0 Å². The van der Waals surface area contributed by atoms with E-state index in [1.54, 1.807) is 44.2 Å². The number of carboxylic acids is 2. The van der Waals surface area contributed by atoms with Gasteiger partial charge in [0.15, 0.2) is 0 Å². The molecule has 0 aliphatic rings. The maximum atomic E-state index is 13.1. The van der Waals surface area contributed by atoms with Gasteiger partial charge < -0.3 is 37.6 Å². The zero-order valence-corrected chi connectivity index (χ0v) is 20.1. The average Bonchev–Trinajstić information content (AvgIpc) is 2.77. The van der Waals surface area contributed by atoms with E-state index in [0.29, 0.717) is 5.56 Å². The van der Waals surface area contributed by atoms with Crippen molar-refractivity contribution in [3.63, 3.8) is 0 Å². The number of carbonyl (C=O) groups is 6. The minimum Gasteiger partial charge on any atom is -0.481 e. The molecular formula is C23H33N5O8. The molecule has 0 fully saturated rings. The third-order valence-corrected chi connectivity index (χ3v) is 5.01. The molecule has 13 heteroatoms. The monoisotopic (exact) mass is 507 g/mol. The van der Waals surface area contributed by atoms with Gasteiger partial charge in [0, 0.05) is 6.42 Å². The number of hydrogen-bond acceptors (Lipinski definition) is 7. The topological polar surface area (TPSA) is 231 Å². The first kappa shape index (κ1) is 30.0. The first-order valence-electron chi connectivity index (χ1n) is 11.2. The van der Waals surface area contributed by atoms with Crippen LogP contribution in [0.4, 0.5) is 0 Å². The summed E-state index contributed by atoms with van der Waals surface area (Å²) in [6.45, 7) is 3.58. The third-order valence-electron chi connectivity index (χ3n) is 5.01. The van der Waals surface area contributed by atoms with E-state index in [1.165, 1.54) is 0 Å². The number of carbonyl (C=O) groups excluding carboxylic acids is 4. The van der Waals surface area contributed by atoms with Crippen LogP contribution in [-0.4, -0.2) is 69.9 Å². The van der Waals surface area contributed by atoms with Gasteiger partial charge in [-0.05, 0) is 17.9 Å². The van der Waals surface area contributed by atoms with Crippen LogP contribution in [-0.2, 0) is 35.2 Å². The quantitative estimate of drug-likeness (QED) is 0.146. The summed E-state index contributed by atoms with van der Waals surface area (Å²) in [5.74, 6) is -6.27.